The molecule has 1 aromatic heterocycles. The van der Waals surface area contributed by atoms with Gasteiger partial charge in [-0.3, -0.25) is 4.98 Å². The minimum absolute atomic E-state index is 0.105. The molecule has 1 aliphatic heterocycles. The number of hydrogen-bond acceptors (Lipinski definition) is 3. The highest BCUT2D eigenvalue weighted by Gasteiger charge is 2.35. The number of rotatable bonds is 4. The van der Waals surface area contributed by atoms with Crippen LogP contribution in [0.25, 0.3) is 0 Å². The molecule has 0 aromatic carbocycles. The van der Waals surface area contributed by atoms with Gasteiger partial charge in [0.1, 0.15) is 0 Å². The van der Waals surface area contributed by atoms with E-state index in [1.165, 1.54) is 5.56 Å². The molecule has 4 nitrogen and oxygen atoms in total. The lowest BCUT2D eigenvalue weighted by molar-refractivity contribution is 0.270. The molecule has 1 saturated carbocycles. The Morgan fingerprint density at radius 3 is 2.50 bits per heavy atom. The summed E-state index contributed by atoms with van der Waals surface area (Å²) >= 11 is 0. The molecule has 122 valence electrons. The van der Waals surface area contributed by atoms with Crippen molar-refractivity contribution in [3.63, 3.8) is 0 Å². The maximum atomic E-state index is 12.6. The first-order chi connectivity index (χ1) is 10.6. The summed E-state index contributed by atoms with van der Waals surface area (Å²) in [4.78, 5) is 4.23. The Kier molecular flexibility index (Phi) is 4.83. The quantitative estimate of drug-likeness (QED) is 0.856. The summed E-state index contributed by atoms with van der Waals surface area (Å²) in [7, 11) is -3.04. The molecule has 3 rings (SSSR count). The summed E-state index contributed by atoms with van der Waals surface area (Å²) < 4.78 is 27.0. The number of sulfonamides is 1. The Morgan fingerprint density at radius 2 is 1.86 bits per heavy atom. The third-order valence-electron chi connectivity index (χ3n) is 5.14. The van der Waals surface area contributed by atoms with E-state index in [1.807, 2.05) is 13.1 Å². The number of hydrogen-bond donors (Lipinski definition) is 0. The average Bonchev–Trinajstić information content (AvgIpc) is 3.03. The van der Waals surface area contributed by atoms with Gasteiger partial charge in [-0.25, -0.2) is 12.7 Å². The van der Waals surface area contributed by atoms with Crippen LogP contribution >= 0.6 is 0 Å². The number of piperidine rings is 1. The molecule has 0 unspecified atom stereocenters. The van der Waals surface area contributed by atoms with E-state index in [-0.39, 0.29) is 5.25 Å². The van der Waals surface area contributed by atoms with Crippen molar-refractivity contribution in [1.82, 2.24) is 9.29 Å². The third kappa shape index (κ3) is 3.51. The molecule has 0 atom stereocenters. The van der Waals surface area contributed by atoms with Gasteiger partial charge in [0.2, 0.25) is 10.0 Å². The number of pyridine rings is 1. The van der Waals surface area contributed by atoms with E-state index in [0.717, 1.165) is 50.6 Å². The lowest BCUT2D eigenvalue weighted by Gasteiger charge is -2.33. The normalized spacial score (nSPS) is 22.2. The van der Waals surface area contributed by atoms with Crippen LogP contribution in [-0.2, 0) is 16.4 Å². The molecule has 1 aliphatic carbocycles. The SMILES string of the molecule is Cc1cc(CC2CCN(S(=O)(=O)C3CCCC3)CC2)ccn1. The molecule has 22 heavy (non-hydrogen) atoms. The van der Waals surface area contributed by atoms with E-state index in [4.69, 9.17) is 0 Å². The lowest BCUT2D eigenvalue weighted by atomic mass is 9.91. The average molecular weight is 322 g/mol. The molecule has 5 heteroatoms. The molecule has 0 N–H and O–H groups in total. The van der Waals surface area contributed by atoms with Gasteiger partial charge in [0.05, 0.1) is 5.25 Å². The van der Waals surface area contributed by atoms with Gasteiger partial charge in [-0.15, -0.1) is 0 Å². The van der Waals surface area contributed by atoms with E-state index in [2.05, 4.69) is 17.1 Å². The van der Waals surface area contributed by atoms with E-state index in [9.17, 15) is 8.42 Å². The van der Waals surface area contributed by atoms with Gasteiger partial charge < -0.3 is 0 Å². The monoisotopic (exact) mass is 322 g/mol. The fraction of sp³-hybridized carbons (Fsp3) is 0.706. The van der Waals surface area contributed by atoms with Crippen LogP contribution in [0.3, 0.4) is 0 Å². The predicted octanol–water partition coefficient (Wildman–Crippen LogP) is 2.92. The Labute approximate surface area is 134 Å². The second kappa shape index (κ2) is 6.67. The van der Waals surface area contributed by atoms with Crippen molar-refractivity contribution in [2.24, 2.45) is 5.92 Å². The molecule has 1 aromatic rings. The third-order valence-corrected chi connectivity index (χ3v) is 7.54. The standard InChI is InChI=1S/C17H26N2O2S/c1-14-12-16(6-9-18-14)13-15-7-10-19(11-8-15)22(20,21)17-4-2-3-5-17/h6,9,12,15,17H,2-5,7-8,10-11,13H2,1H3. The van der Waals surface area contributed by atoms with Crippen LogP contribution in [0.2, 0.25) is 0 Å². The van der Waals surface area contributed by atoms with Gasteiger partial charge in [-0.05, 0) is 62.6 Å². The summed E-state index contributed by atoms with van der Waals surface area (Å²) in [6.07, 6.45) is 8.73. The highest BCUT2D eigenvalue weighted by Crippen LogP contribution is 2.30. The molecule has 2 aliphatic rings. The highest BCUT2D eigenvalue weighted by atomic mass is 32.2. The van der Waals surface area contributed by atoms with Crippen molar-refractivity contribution >= 4 is 10.0 Å². The summed E-state index contributed by atoms with van der Waals surface area (Å²) in [5.74, 6) is 0.594. The Bertz CT molecular complexity index is 601. The van der Waals surface area contributed by atoms with Gasteiger partial charge in [-0.2, -0.15) is 0 Å². The molecule has 2 fully saturated rings. The van der Waals surface area contributed by atoms with Gasteiger partial charge in [0.25, 0.3) is 0 Å². The van der Waals surface area contributed by atoms with Crippen LogP contribution in [0, 0.1) is 12.8 Å². The fourth-order valence-electron chi connectivity index (χ4n) is 3.83. The fourth-order valence-corrected chi connectivity index (χ4v) is 5.90. The predicted molar refractivity (Wildman–Crippen MR) is 88.2 cm³/mol. The second-order valence-corrected chi connectivity index (χ2v) is 9.02. The van der Waals surface area contributed by atoms with Crippen molar-refractivity contribution in [2.45, 2.75) is 57.1 Å². The zero-order valence-electron chi connectivity index (χ0n) is 13.4. The first-order valence-electron chi connectivity index (χ1n) is 8.46. The molecule has 2 heterocycles. The van der Waals surface area contributed by atoms with E-state index in [0.29, 0.717) is 19.0 Å². The topological polar surface area (TPSA) is 50.3 Å². The molecule has 0 radical (unpaired) electrons. The zero-order chi connectivity index (χ0) is 15.6. The Morgan fingerprint density at radius 1 is 1.18 bits per heavy atom. The summed E-state index contributed by atoms with van der Waals surface area (Å²) in [5.41, 5.74) is 2.38. The van der Waals surface area contributed by atoms with E-state index < -0.39 is 10.0 Å². The largest absolute Gasteiger partial charge is 0.262 e. The van der Waals surface area contributed by atoms with Gasteiger partial charge in [0.15, 0.2) is 0 Å². The molecule has 0 bridgehead atoms. The zero-order valence-corrected chi connectivity index (χ0v) is 14.2. The second-order valence-electron chi connectivity index (χ2n) is 6.80. The van der Waals surface area contributed by atoms with Crippen molar-refractivity contribution in [3.8, 4) is 0 Å². The van der Waals surface area contributed by atoms with Crippen molar-refractivity contribution in [3.05, 3.63) is 29.6 Å². The smallest absolute Gasteiger partial charge is 0.216 e. The van der Waals surface area contributed by atoms with Crippen LogP contribution in [0.5, 0.6) is 0 Å². The molecule has 0 amide bonds. The van der Waals surface area contributed by atoms with Crippen LogP contribution in [0.4, 0.5) is 0 Å². The van der Waals surface area contributed by atoms with Crippen molar-refractivity contribution < 1.29 is 8.42 Å². The summed E-state index contributed by atoms with van der Waals surface area (Å²) in [6.45, 7) is 3.42. The maximum Gasteiger partial charge on any atom is 0.216 e. The van der Waals surface area contributed by atoms with Gasteiger partial charge >= 0.3 is 0 Å². The van der Waals surface area contributed by atoms with Crippen molar-refractivity contribution in [1.29, 1.82) is 0 Å². The van der Waals surface area contributed by atoms with Crippen LogP contribution in [0.15, 0.2) is 18.3 Å². The molecular formula is C17H26N2O2S. The highest BCUT2D eigenvalue weighted by molar-refractivity contribution is 7.89. The summed E-state index contributed by atoms with van der Waals surface area (Å²) in [5, 5.41) is -0.105. The van der Waals surface area contributed by atoms with Crippen LogP contribution in [-0.4, -0.2) is 36.0 Å². The maximum absolute atomic E-state index is 12.6. The van der Waals surface area contributed by atoms with E-state index >= 15 is 0 Å². The van der Waals surface area contributed by atoms with E-state index in [1.54, 1.807) is 4.31 Å². The molecule has 1 saturated heterocycles. The minimum atomic E-state index is -3.04. The van der Waals surface area contributed by atoms with Gasteiger partial charge in [0, 0.05) is 25.0 Å². The first kappa shape index (κ1) is 15.9. The van der Waals surface area contributed by atoms with Gasteiger partial charge in [-0.1, -0.05) is 12.8 Å². The number of aromatic nitrogens is 1. The van der Waals surface area contributed by atoms with Crippen LogP contribution in [0.1, 0.15) is 49.8 Å². The molecular weight excluding hydrogens is 296 g/mol. The molecule has 0 spiro atoms. The van der Waals surface area contributed by atoms with Crippen molar-refractivity contribution in [2.75, 3.05) is 13.1 Å². The Hall–Kier alpha value is -0.940. The Balaban J connectivity index is 1.56. The lowest BCUT2D eigenvalue weighted by Crippen LogP contribution is -2.43. The minimum Gasteiger partial charge on any atom is -0.262 e. The van der Waals surface area contributed by atoms with Crippen LogP contribution < -0.4 is 0 Å². The number of nitrogens with zero attached hydrogens (tertiary/aromatic N) is 2. The summed E-state index contributed by atoms with van der Waals surface area (Å²) in [6, 6.07) is 4.22. The first-order valence-corrected chi connectivity index (χ1v) is 9.96. The number of aryl methyl sites for hydroxylation is 1.